The predicted molar refractivity (Wildman–Crippen MR) is 63.7 cm³/mol. The third kappa shape index (κ3) is 3.75. The number of aliphatic carboxylic acids is 2. The van der Waals surface area contributed by atoms with E-state index in [0.29, 0.717) is 5.56 Å². The lowest BCUT2D eigenvalue weighted by atomic mass is 9.99. The Morgan fingerprint density at radius 1 is 1.24 bits per heavy atom. The summed E-state index contributed by atoms with van der Waals surface area (Å²) in [5.41, 5.74) is 1.64. The van der Waals surface area contributed by atoms with Gasteiger partial charge in [0.15, 0.2) is 0 Å². The van der Waals surface area contributed by atoms with Crippen molar-refractivity contribution in [2.45, 2.75) is 19.8 Å². The maximum Gasteiger partial charge on any atom is 0.335 e. The molecule has 1 rings (SSSR count). The SMILES string of the molecule is Cc1ccccc1/C(=C\CCC(=O)O)C(=O)O. The van der Waals surface area contributed by atoms with Gasteiger partial charge in [0.05, 0.1) is 5.57 Å². The van der Waals surface area contributed by atoms with E-state index in [0.717, 1.165) is 5.56 Å². The van der Waals surface area contributed by atoms with Crippen molar-refractivity contribution in [2.75, 3.05) is 0 Å². The van der Waals surface area contributed by atoms with Crippen molar-refractivity contribution >= 4 is 17.5 Å². The highest BCUT2D eigenvalue weighted by Crippen LogP contribution is 2.19. The molecular weight excluding hydrogens is 220 g/mol. The summed E-state index contributed by atoms with van der Waals surface area (Å²) in [5, 5.41) is 17.6. The fraction of sp³-hybridized carbons (Fsp3) is 0.231. The monoisotopic (exact) mass is 234 g/mol. The number of carbonyl (C=O) groups is 2. The Morgan fingerprint density at radius 2 is 1.88 bits per heavy atom. The van der Waals surface area contributed by atoms with Crippen molar-refractivity contribution in [3.8, 4) is 0 Å². The molecule has 0 amide bonds. The van der Waals surface area contributed by atoms with Crippen LogP contribution in [0.1, 0.15) is 24.0 Å². The molecule has 0 atom stereocenters. The largest absolute Gasteiger partial charge is 0.481 e. The van der Waals surface area contributed by atoms with Gasteiger partial charge in [0.2, 0.25) is 0 Å². The summed E-state index contributed by atoms with van der Waals surface area (Å²) in [6.45, 7) is 1.82. The van der Waals surface area contributed by atoms with E-state index in [2.05, 4.69) is 0 Å². The zero-order valence-corrected chi connectivity index (χ0v) is 9.51. The minimum absolute atomic E-state index is 0.0668. The van der Waals surface area contributed by atoms with E-state index < -0.39 is 11.9 Å². The Balaban J connectivity index is 2.98. The summed E-state index contributed by atoms with van der Waals surface area (Å²) in [6, 6.07) is 7.13. The molecule has 0 aromatic heterocycles. The topological polar surface area (TPSA) is 74.6 Å². The second-order valence-electron chi connectivity index (χ2n) is 3.67. The average molecular weight is 234 g/mol. The smallest absolute Gasteiger partial charge is 0.335 e. The van der Waals surface area contributed by atoms with Crippen molar-refractivity contribution < 1.29 is 19.8 Å². The van der Waals surface area contributed by atoms with Gasteiger partial charge in [-0.15, -0.1) is 0 Å². The van der Waals surface area contributed by atoms with Gasteiger partial charge in [-0.3, -0.25) is 4.79 Å². The minimum atomic E-state index is -1.04. The molecule has 0 unspecified atom stereocenters. The highest BCUT2D eigenvalue weighted by Gasteiger charge is 2.11. The van der Waals surface area contributed by atoms with Crippen LogP contribution in [0.3, 0.4) is 0 Å². The standard InChI is InChI=1S/C13H14O4/c1-9-5-2-3-6-10(9)11(13(16)17)7-4-8-12(14)15/h2-3,5-7H,4,8H2,1H3,(H,14,15)(H,16,17)/b11-7+. The molecule has 90 valence electrons. The quantitative estimate of drug-likeness (QED) is 0.767. The van der Waals surface area contributed by atoms with Crippen LogP contribution in [0.2, 0.25) is 0 Å². The molecule has 0 aliphatic heterocycles. The van der Waals surface area contributed by atoms with Crippen LogP contribution >= 0.6 is 0 Å². The second-order valence-corrected chi connectivity index (χ2v) is 3.67. The van der Waals surface area contributed by atoms with Gasteiger partial charge in [-0.05, 0) is 24.5 Å². The molecule has 4 nitrogen and oxygen atoms in total. The highest BCUT2D eigenvalue weighted by molar-refractivity contribution is 6.15. The third-order valence-corrected chi connectivity index (χ3v) is 2.37. The second kappa shape index (κ2) is 5.84. The zero-order chi connectivity index (χ0) is 12.8. The Hall–Kier alpha value is -2.10. The van der Waals surface area contributed by atoms with E-state index in [1.54, 1.807) is 12.1 Å². The Kier molecular flexibility index (Phi) is 4.46. The molecule has 2 N–H and O–H groups in total. The maximum atomic E-state index is 11.1. The van der Waals surface area contributed by atoms with Crippen LogP contribution in [-0.2, 0) is 9.59 Å². The minimum Gasteiger partial charge on any atom is -0.481 e. The zero-order valence-electron chi connectivity index (χ0n) is 9.51. The molecule has 1 aromatic carbocycles. The molecule has 0 saturated carbocycles. The fourth-order valence-electron chi connectivity index (χ4n) is 1.53. The van der Waals surface area contributed by atoms with Crippen LogP contribution in [0.15, 0.2) is 30.3 Å². The first-order valence-corrected chi connectivity index (χ1v) is 5.23. The fourth-order valence-corrected chi connectivity index (χ4v) is 1.53. The predicted octanol–water partition coefficient (Wildman–Crippen LogP) is 2.33. The lowest BCUT2D eigenvalue weighted by Gasteiger charge is -2.06. The van der Waals surface area contributed by atoms with Crippen LogP contribution in [0.25, 0.3) is 5.57 Å². The molecule has 0 bridgehead atoms. The van der Waals surface area contributed by atoms with E-state index in [9.17, 15) is 9.59 Å². The summed E-state index contributed by atoms with van der Waals surface area (Å²) in [7, 11) is 0. The van der Waals surface area contributed by atoms with Crippen molar-refractivity contribution in [3.05, 3.63) is 41.5 Å². The number of rotatable bonds is 5. The lowest BCUT2D eigenvalue weighted by Crippen LogP contribution is -2.02. The van der Waals surface area contributed by atoms with Gasteiger partial charge >= 0.3 is 11.9 Å². The van der Waals surface area contributed by atoms with Gasteiger partial charge in [-0.25, -0.2) is 4.79 Å². The number of carboxylic acids is 2. The van der Waals surface area contributed by atoms with Crippen molar-refractivity contribution in [1.82, 2.24) is 0 Å². The van der Waals surface area contributed by atoms with Crippen LogP contribution in [0.4, 0.5) is 0 Å². The molecule has 17 heavy (non-hydrogen) atoms. The van der Waals surface area contributed by atoms with Crippen molar-refractivity contribution in [1.29, 1.82) is 0 Å². The normalized spacial score (nSPS) is 11.2. The van der Waals surface area contributed by atoms with E-state index >= 15 is 0 Å². The van der Waals surface area contributed by atoms with Gasteiger partial charge in [-0.1, -0.05) is 30.3 Å². The molecule has 4 heteroatoms. The lowest BCUT2D eigenvalue weighted by molar-refractivity contribution is -0.137. The molecule has 0 spiro atoms. The van der Waals surface area contributed by atoms with Crippen LogP contribution in [-0.4, -0.2) is 22.2 Å². The first-order chi connectivity index (χ1) is 8.02. The van der Waals surface area contributed by atoms with E-state index in [1.807, 2.05) is 19.1 Å². The highest BCUT2D eigenvalue weighted by atomic mass is 16.4. The van der Waals surface area contributed by atoms with Gasteiger partial charge in [0, 0.05) is 6.42 Å². The molecule has 0 fully saturated rings. The molecule has 0 aliphatic carbocycles. The average Bonchev–Trinajstić information content (AvgIpc) is 2.25. The first-order valence-electron chi connectivity index (χ1n) is 5.23. The summed E-state index contributed by atoms with van der Waals surface area (Å²) in [4.78, 5) is 21.5. The molecule has 0 aliphatic rings. The first kappa shape index (κ1) is 13.0. The molecule has 0 saturated heterocycles. The van der Waals surface area contributed by atoms with Gasteiger partial charge < -0.3 is 10.2 Å². The summed E-state index contributed by atoms with van der Waals surface area (Å²) in [5.74, 6) is -1.97. The summed E-state index contributed by atoms with van der Waals surface area (Å²) in [6.07, 6.45) is 1.60. The van der Waals surface area contributed by atoms with E-state index in [-0.39, 0.29) is 18.4 Å². The maximum absolute atomic E-state index is 11.1. The third-order valence-electron chi connectivity index (χ3n) is 2.37. The van der Waals surface area contributed by atoms with Gasteiger partial charge in [0.1, 0.15) is 0 Å². The summed E-state index contributed by atoms with van der Waals surface area (Å²) < 4.78 is 0. The number of hydrogen-bond acceptors (Lipinski definition) is 2. The number of aryl methyl sites for hydroxylation is 1. The van der Waals surface area contributed by atoms with E-state index in [4.69, 9.17) is 10.2 Å². The van der Waals surface area contributed by atoms with Crippen molar-refractivity contribution in [2.24, 2.45) is 0 Å². The van der Waals surface area contributed by atoms with Crippen LogP contribution < -0.4 is 0 Å². The van der Waals surface area contributed by atoms with E-state index in [1.165, 1.54) is 6.08 Å². The molecule has 0 radical (unpaired) electrons. The number of benzene rings is 1. The Bertz CT molecular complexity index is 460. The molecular formula is C13H14O4. The summed E-state index contributed by atoms with van der Waals surface area (Å²) >= 11 is 0. The molecule has 0 heterocycles. The van der Waals surface area contributed by atoms with Crippen LogP contribution in [0.5, 0.6) is 0 Å². The number of allylic oxidation sites excluding steroid dienone is 1. The number of hydrogen-bond donors (Lipinski definition) is 2. The molecule has 1 aromatic rings. The van der Waals surface area contributed by atoms with Crippen molar-refractivity contribution in [3.63, 3.8) is 0 Å². The van der Waals surface area contributed by atoms with Crippen LogP contribution in [0, 0.1) is 6.92 Å². The van der Waals surface area contributed by atoms with Gasteiger partial charge in [0.25, 0.3) is 0 Å². The van der Waals surface area contributed by atoms with Gasteiger partial charge in [-0.2, -0.15) is 0 Å². The number of carboxylic acid groups (broad SMARTS) is 2. The Labute approximate surface area is 99.2 Å². The Morgan fingerprint density at radius 3 is 2.41 bits per heavy atom.